The molecule has 0 atom stereocenters. The zero-order valence-corrected chi connectivity index (χ0v) is 9.00. The van der Waals surface area contributed by atoms with Gasteiger partial charge in [-0.1, -0.05) is 19.1 Å². The number of benzene rings is 1. The van der Waals surface area contributed by atoms with Gasteiger partial charge in [-0.25, -0.2) is 0 Å². The Morgan fingerprint density at radius 3 is 2.79 bits per heavy atom. The standard InChI is InChI=1S/C12H17NO/c1-4-8-14-12-9-10(5-2)6-7-11(12)13-3/h4,6-9,13H,5H2,1-3H3/b8-4+. The quantitative estimate of drug-likeness (QED) is 0.738. The number of hydrogen-bond donors (Lipinski definition) is 1. The SMILES string of the molecule is C/C=C/Oc1cc(CC)ccc1NC. The minimum atomic E-state index is 0.880. The zero-order valence-electron chi connectivity index (χ0n) is 9.00. The Balaban J connectivity index is 2.95. The molecule has 1 aromatic carbocycles. The lowest BCUT2D eigenvalue weighted by Gasteiger charge is -2.09. The molecule has 76 valence electrons. The number of ether oxygens (including phenoxy) is 1. The molecule has 0 fully saturated rings. The van der Waals surface area contributed by atoms with E-state index in [2.05, 4.69) is 24.4 Å². The Kier molecular flexibility index (Phi) is 4.05. The first-order chi connectivity index (χ1) is 6.81. The average Bonchev–Trinajstić information content (AvgIpc) is 2.25. The molecule has 0 bridgehead atoms. The lowest BCUT2D eigenvalue weighted by atomic mass is 10.1. The fraction of sp³-hybridized carbons (Fsp3) is 0.333. The van der Waals surface area contributed by atoms with Crippen LogP contribution in [0.1, 0.15) is 19.4 Å². The summed E-state index contributed by atoms with van der Waals surface area (Å²) in [5, 5.41) is 3.10. The van der Waals surface area contributed by atoms with Gasteiger partial charge in [0.05, 0.1) is 11.9 Å². The molecular formula is C12H17NO. The van der Waals surface area contributed by atoms with Gasteiger partial charge < -0.3 is 10.1 Å². The molecule has 0 aliphatic carbocycles. The maximum Gasteiger partial charge on any atom is 0.149 e. The van der Waals surface area contributed by atoms with E-state index >= 15 is 0 Å². The summed E-state index contributed by atoms with van der Waals surface area (Å²) in [6.45, 7) is 4.07. The Labute approximate surface area is 85.6 Å². The van der Waals surface area contributed by atoms with Crippen molar-refractivity contribution in [2.24, 2.45) is 0 Å². The highest BCUT2D eigenvalue weighted by Gasteiger charge is 2.01. The van der Waals surface area contributed by atoms with Gasteiger partial charge in [0.15, 0.2) is 0 Å². The number of anilines is 1. The van der Waals surface area contributed by atoms with Crippen LogP contribution in [0.5, 0.6) is 5.75 Å². The van der Waals surface area contributed by atoms with Crippen LogP contribution in [0.25, 0.3) is 0 Å². The van der Waals surface area contributed by atoms with Crippen LogP contribution in [-0.2, 0) is 6.42 Å². The molecule has 1 rings (SSSR count). The molecule has 2 heteroatoms. The van der Waals surface area contributed by atoms with Crippen molar-refractivity contribution in [2.45, 2.75) is 20.3 Å². The first kappa shape index (κ1) is 10.6. The highest BCUT2D eigenvalue weighted by atomic mass is 16.5. The average molecular weight is 191 g/mol. The van der Waals surface area contributed by atoms with E-state index in [9.17, 15) is 0 Å². The molecule has 0 amide bonds. The molecule has 0 aliphatic rings. The summed E-state index contributed by atoms with van der Waals surface area (Å²) in [4.78, 5) is 0. The van der Waals surface area contributed by atoms with Gasteiger partial charge in [-0.3, -0.25) is 0 Å². The summed E-state index contributed by atoms with van der Waals surface area (Å²) >= 11 is 0. The second kappa shape index (κ2) is 5.32. The van der Waals surface area contributed by atoms with Gasteiger partial charge in [-0.15, -0.1) is 0 Å². The molecule has 1 aromatic rings. The number of hydrogen-bond acceptors (Lipinski definition) is 2. The highest BCUT2D eigenvalue weighted by Crippen LogP contribution is 2.25. The van der Waals surface area contributed by atoms with E-state index in [-0.39, 0.29) is 0 Å². The minimum Gasteiger partial charge on any atom is -0.463 e. The summed E-state index contributed by atoms with van der Waals surface area (Å²) in [7, 11) is 1.89. The fourth-order valence-corrected chi connectivity index (χ4v) is 1.23. The van der Waals surface area contributed by atoms with Crippen molar-refractivity contribution in [3.63, 3.8) is 0 Å². The van der Waals surface area contributed by atoms with E-state index in [1.165, 1.54) is 5.56 Å². The van der Waals surface area contributed by atoms with E-state index in [0.717, 1.165) is 17.9 Å². The molecule has 0 unspecified atom stereocenters. The highest BCUT2D eigenvalue weighted by molar-refractivity contribution is 5.57. The second-order valence-corrected chi connectivity index (χ2v) is 3.02. The summed E-state index contributed by atoms with van der Waals surface area (Å²) in [6, 6.07) is 6.21. The topological polar surface area (TPSA) is 21.3 Å². The van der Waals surface area contributed by atoms with Crippen molar-refractivity contribution in [2.75, 3.05) is 12.4 Å². The Bertz CT molecular complexity index is 318. The molecule has 14 heavy (non-hydrogen) atoms. The third-order valence-corrected chi connectivity index (χ3v) is 2.05. The number of rotatable bonds is 4. The summed E-state index contributed by atoms with van der Waals surface area (Å²) in [6.07, 6.45) is 4.59. The predicted octanol–water partition coefficient (Wildman–Crippen LogP) is 3.20. The fourth-order valence-electron chi connectivity index (χ4n) is 1.23. The van der Waals surface area contributed by atoms with Crippen LogP contribution in [0.2, 0.25) is 0 Å². The number of allylic oxidation sites excluding steroid dienone is 1. The van der Waals surface area contributed by atoms with Crippen LogP contribution < -0.4 is 10.1 Å². The predicted molar refractivity (Wildman–Crippen MR) is 60.8 cm³/mol. The van der Waals surface area contributed by atoms with Crippen LogP contribution in [0.15, 0.2) is 30.5 Å². The molecule has 0 aromatic heterocycles. The van der Waals surface area contributed by atoms with Gasteiger partial charge in [0.25, 0.3) is 0 Å². The van der Waals surface area contributed by atoms with E-state index in [4.69, 9.17) is 4.74 Å². The van der Waals surface area contributed by atoms with Gasteiger partial charge in [0.2, 0.25) is 0 Å². The maximum atomic E-state index is 5.48. The molecular weight excluding hydrogens is 174 g/mol. The van der Waals surface area contributed by atoms with Crippen molar-refractivity contribution in [1.82, 2.24) is 0 Å². The number of nitrogens with one attached hydrogen (secondary N) is 1. The van der Waals surface area contributed by atoms with Crippen LogP contribution in [0, 0.1) is 0 Å². The monoisotopic (exact) mass is 191 g/mol. The van der Waals surface area contributed by atoms with Crippen molar-refractivity contribution in [3.05, 3.63) is 36.1 Å². The van der Waals surface area contributed by atoms with Crippen LogP contribution in [-0.4, -0.2) is 7.05 Å². The first-order valence-electron chi connectivity index (χ1n) is 4.90. The van der Waals surface area contributed by atoms with Gasteiger partial charge in [0, 0.05) is 7.05 Å². The summed E-state index contributed by atoms with van der Waals surface area (Å²) < 4.78 is 5.48. The molecule has 1 N–H and O–H groups in total. The van der Waals surface area contributed by atoms with Gasteiger partial charge >= 0.3 is 0 Å². The third kappa shape index (κ3) is 2.52. The van der Waals surface area contributed by atoms with E-state index in [1.807, 2.05) is 26.1 Å². The van der Waals surface area contributed by atoms with E-state index < -0.39 is 0 Å². The lowest BCUT2D eigenvalue weighted by molar-refractivity contribution is 0.482. The Morgan fingerprint density at radius 2 is 2.21 bits per heavy atom. The van der Waals surface area contributed by atoms with Gasteiger partial charge in [-0.05, 0) is 31.0 Å². The molecule has 0 aliphatic heterocycles. The van der Waals surface area contributed by atoms with Crippen molar-refractivity contribution >= 4 is 5.69 Å². The minimum absolute atomic E-state index is 0.880. The molecule has 0 saturated heterocycles. The Hall–Kier alpha value is -1.44. The zero-order chi connectivity index (χ0) is 10.4. The van der Waals surface area contributed by atoms with Crippen molar-refractivity contribution in [1.29, 1.82) is 0 Å². The Morgan fingerprint density at radius 1 is 1.43 bits per heavy atom. The first-order valence-corrected chi connectivity index (χ1v) is 4.90. The molecule has 0 spiro atoms. The van der Waals surface area contributed by atoms with Gasteiger partial charge in [-0.2, -0.15) is 0 Å². The second-order valence-electron chi connectivity index (χ2n) is 3.02. The van der Waals surface area contributed by atoms with Crippen LogP contribution >= 0.6 is 0 Å². The molecule has 0 heterocycles. The maximum absolute atomic E-state index is 5.48. The summed E-state index contributed by atoms with van der Waals surface area (Å²) in [5.41, 5.74) is 2.30. The van der Waals surface area contributed by atoms with Crippen LogP contribution in [0.4, 0.5) is 5.69 Å². The third-order valence-electron chi connectivity index (χ3n) is 2.05. The number of aryl methyl sites for hydroxylation is 1. The largest absolute Gasteiger partial charge is 0.463 e. The normalized spacial score (nSPS) is 10.5. The van der Waals surface area contributed by atoms with E-state index in [0.29, 0.717) is 0 Å². The molecule has 0 saturated carbocycles. The van der Waals surface area contributed by atoms with Crippen molar-refractivity contribution in [3.8, 4) is 5.75 Å². The smallest absolute Gasteiger partial charge is 0.149 e. The van der Waals surface area contributed by atoms with E-state index in [1.54, 1.807) is 6.26 Å². The summed E-state index contributed by atoms with van der Waals surface area (Å²) in [5.74, 6) is 0.880. The molecule has 2 nitrogen and oxygen atoms in total. The van der Waals surface area contributed by atoms with Gasteiger partial charge in [0.1, 0.15) is 5.75 Å². The lowest BCUT2D eigenvalue weighted by Crippen LogP contribution is -1.94. The van der Waals surface area contributed by atoms with Crippen LogP contribution in [0.3, 0.4) is 0 Å². The van der Waals surface area contributed by atoms with Crippen molar-refractivity contribution < 1.29 is 4.74 Å². The molecule has 0 radical (unpaired) electrons.